The van der Waals surface area contributed by atoms with Crippen LogP contribution >= 0.6 is 11.8 Å². The van der Waals surface area contributed by atoms with E-state index in [9.17, 15) is 9.59 Å². The Morgan fingerprint density at radius 2 is 1.93 bits per heavy atom. The minimum Gasteiger partial charge on any atom is -0.444 e. The molecule has 2 N–H and O–H groups in total. The summed E-state index contributed by atoms with van der Waals surface area (Å²) < 4.78 is 5.58. The molecule has 7 nitrogen and oxygen atoms in total. The van der Waals surface area contributed by atoms with Crippen LogP contribution in [0.5, 0.6) is 0 Å². The lowest BCUT2D eigenvalue weighted by atomic mass is 10.2. The monoisotopic (exact) mass is 400 g/mol. The molecule has 1 aromatic heterocycles. The molecule has 1 saturated heterocycles. The number of carbonyl (C=O) groups is 2. The van der Waals surface area contributed by atoms with Gasteiger partial charge in [0.25, 0.3) is 5.91 Å². The molecule has 148 valence electrons. The number of nitrogens with two attached hydrogens (primary N) is 1. The van der Waals surface area contributed by atoms with E-state index < -0.39 is 17.7 Å². The molecule has 2 aromatic rings. The van der Waals surface area contributed by atoms with E-state index in [1.54, 1.807) is 63.5 Å². The molecule has 1 aromatic carbocycles. The highest BCUT2D eigenvalue weighted by Gasteiger charge is 2.45. The van der Waals surface area contributed by atoms with Gasteiger partial charge in [0.1, 0.15) is 17.0 Å². The second-order valence-electron chi connectivity index (χ2n) is 7.42. The highest BCUT2D eigenvalue weighted by molar-refractivity contribution is 7.99. The fourth-order valence-electron chi connectivity index (χ4n) is 2.89. The van der Waals surface area contributed by atoms with Gasteiger partial charge in [-0.3, -0.25) is 14.7 Å². The Hall–Kier alpha value is -2.58. The molecular formula is C20H24N4O3S. The van der Waals surface area contributed by atoms with Crippen LogP contribution < -0.4 is 10.9 Å². The van der Waals surface area contributed by atoms with Crippen molar-refractivity contribution in [2.24, 2.45) is 5.84 Å². The summed E-state index contributed by atoms with van der Waals surface area (Å²) in [7, 11) is 0. The average molecular weight is 401 g/mol. The first kappa shape index (κ1) is 20.2. The fraction of sp³-hybridized carbons (Fsp3) is 0.350. The van der Waals surface area contributed by atoms with Crippen LogP contribution in [0.2, 0.25) is 0 Å². The van der Waals surface area contributed by atoms with Crippen molar-refractivity contribution < 1.29 is 14.3 Å². The van der Waals surface area contributed by atoms with Gasteiger partial charge in [0.2, 0.25) is 0 Å². The third kappa shape index (κ3) is 4.45. The first-order chi connectivity index (χ1) is 13.3. The van der Waals surface area contributed by atoms with Crippen LogP contribution in [0.4, 0.5) is 10.5 Å². The van der Waals surface area contributed by atoms with Crippen LogP contribution in [0.1, 0.15) is 31.7 Å². The summed E-state index contributed by atoms with van der Waals surface area (Å²) in [5.74, 6) is 6.13. The molecule has 2 unspecified atom stereocenters. The quantitative estimate of drug-likeness (QED) is 0.483. The van der Waals surface area contributed by atoms with Crippen LogP contribution in [0.25, 0.3) is 0 Å². The largest absolute Gasteiger partial charge is 0.444 e. The number of para-hydroxylation sites is 1. The normalized spacial score (nSPS) is 19.4. The second kappa shape index (κ2) is 8.20. The Bertz CT molecular complexity index is 826. The van der Waals surface area contributed by atoms with Crippen molar-refractivity contribution in [2.75, 3.05) is 10.8 Å². The molecule has 1 fully saturated rings. The van der Waals surface area contributed by atoms with Gasteiger partial charge in [0, 0.05) is 23.7 Å². The average Bonchev–Trinajstić information content (AvgIpc) is 3.12. The van der Waals surface area contributed by atoms with Crippen molar-refractivity contribution in [3.8, 4) is 0 Å². The molecule has 0 radical (unpaired) electrons. The maximum Gasteiger partial charge on any atom is 0.412 e. The van der Waals surface area contributed by atoms with Gasteiger partial charge in [0.15, 0.2) is 0 Å². The summed E-state index contributed by atoms with van der Waals surface area (Å²) in [4.78, 5) is 31.7. The number of carbonyl (C=O) groups excluding carboxylic acids is 2. The third-order valence-electron chi connectivity index (χ3n) is 4.13. The summed E-state index contributed by atoms with van der Waals surface area (Å²) in [6.45, 7) is 5.38. The zero-order chi connectivity index (χ0) is 20.3. The highest BCUT2D eigenvalue weighted by atomic mass is 32.2. The molecule has 0 saturated carbocycles. The van der Waals surface area contributed by atoms with Crippen LogP contribution in [0, 0.1) is 0 Å². The molecule has 2 amide bonds. The van der Waals surface area contributed by atoms with E-state index in [0.29, 0.717) is 11.4 Å². The van der Waals surface area contributed by atoms with Gasteiger partial charge in [0.05, 0.1) is 5.69 Å². The maximum atomic E-state index is 13.1. The van der Waals surface area contributed by atoms with Gasteiger partial charge >= 0.3 is 6.09 Å². The fourth-order valence-corrected chi connectivity index (χ4v) is 4.28. The molecule has 0 aliphatic carbocycles. The Kier molecular flexibility index (Phi) is 5.90. The van der Waals surface area contributed by atoms with Gasteiger partial charge in [-0.2, -0.15) is 0 Å². The van der Waals surface area contributed by atoms with E-state index >= 15 is 0 Å². The van der Waals surface area contributed by atoms with Gasteiger partial charge in [-0.1, -0.05) is 24.3 Å². The standard InChI is InChI=1S/C20H24N4O3S/c1-20(2,3)27-19(26)23-16(13-28-18(23)14-8-7-11-22-12-14)17(25)24(21)15-9-5-4-6-10-15/h4-12,16,18H,13,21H2,1-3H3. The molecule has 8 heteroatoms. The smallest absolute Gasteiger partial charge is 0.412 e. The van der Waals surface area contributed by atoms with Crippen molar-refractivity contribution in [1.29, 1.82) is 0 Å². The number of rotatable bonds is 3. The lowest BCUT2D eigenvalue weighted by Gasteiger charge is -2.32. The number of ether oxygens (including phenoxy) is 1. The third-order valence-corrected chi connectivity index (χ3v) is 5.45. The lowest BCUT2D eigenvalue weighted by Crippen LogP contribution is -2.53. The molecule has 28 heavy (non-hydrogen) atoms. The number of anilines is 1. The van der Waals surface area contributed by atoms with Crippen LogP contribution in [0.15, 0.2) is 54.9 Å². The van der Waals surface area contributed by atoms with E-state index in [1.165, 1.54) is 16.7 Å². The molecule has 0 spiro atoms. The van der Waals surface area contributed by atoms with E-state index in [4.69, 9.17) is 10.6 Å². The zero-order valence-corrected chi connectivity index (χ0v) is 16.9. The topological polar surface area (TPSA) is 88.8 Å². The lowest BCUT2D eigenvalue weighted by molar-refractivity contribution is -0.123. The maximum absolute atomic E-state index is 13.1. The molecule has 0 bridgehead atoms. The minimum atomic E-state index is -0.740. The van der Waals surface area contributed by atoms with Crippen molar-refractivity contribution >= 4 is 29.4 Å². The zero-order valence-electron chi connectivity index (χ0n) is 16.1. The highest BCUT2D eigenvalue weighted by Crippen LogP contribution is 2.42. The Balaban J connectivity index is 1.90. The number of nitrogens with zero attached hydrogens (tertiary/aromatic N) is 3. The van der Waals surface area contributed by atoms with E-state index in [1.807, 2.05) is 12.1 Å². The number of amides is 2. The first-order valence-electron chi connectivity index (χ1n) is 8.94. The number of hydrogen-bond acceptors (Lipinski definition) is 6. The molecule has 3 rings (SSSR count). The first-order valence-corrected chi connectivity index (χ1v) is 9.99. The Morgan fingerprint density at radius 1 is 1.21 bits per heavy atom. The van der Waals surface area contributed by atoms with Gasteiger partial charge in [-0.05, 0) is 39.0 Å². The van der Waals surface area contributed by atoms with Crippen molar-refractivity contribution in [3.05, 3.63) is 60.4 Å². The number of benzene rings is 1. The van der Waals surface area contributed by atoms with Gasteiger partial charge in [-0.15, -0.1) is 11.8 Å². The molecule has 2 heterocycles. The van der Waals surface area contributed by atoms with Gasteiger partial charge in [-0.25, -0.2) is 15.6 Å². The summed E-state index contributed by atoms with van der Waals surface area (Å²) >= 11 is 1.49. The summed E-state index contributed by atoms with van der Waals surface area (Å²) in [5.41, 5.74) is 0.711. The Morgan fingerprint density at radius 3 is 2.54 bits per heavy atom. The van der Waals surface area contributed by atoms with Crippen molar-refractivity contribution in [3.63, 3.8) is 0 Å². The molecule has 2 atom stereocenters. The SMILES string of the molecule is CC(C)(C)OC(=O)N1C(C(=O)N(N)c2ccccc2)CSC1c1cccnc1. The van der Waals surface area contributed by atoms with Crippen LogP contribution in [-0.4, -0.2) is 39.3 Å². The Labute approximate surface area is 168 Å². The number of hydrogen-bond donors (Lipinski definition) is 1. The number of pyridine rings is 1. The predicted molar refractivity (Wildman–Crippen MR) is 109 cm³/mol. The summed E-state index contributed by atoms with van der Waals surface area (Å²) in [5, 5.41) is 0.718. The molecular weight excluding hydrogens is 376 g/mol. The number of aromatic nitrogens is 1. The van der Waals surface area contributed by atoms with Crippen molar-refractivity contribution in [2.45, 2.75) is 37.8 Å². The van der Waals surface area contributed by atoms with Crippen molar-refractivity contribution in [1.82, 2.24) is 9.88 Å². The van der Waals surface area contributed by atoms with Gasteiger partial charge < -0.3 is 4.74 Å². The van der Waals surface area contributed by atoms with Crippen LogP contribution in [0.3, 0.4) is 0 Å². The van der Waals surface area contributed by atoms with E-state index in [0.717, 1.165) is 10.6 Å². The minimum absolute atomic E-state index is 0.365. The molecule has 1 aliphatic rings. The second-order valence-corrected chi connectivity index (χ2v) is 8.53. The number of thioether (sulfide) groups is 1. The predicted octanol–water partition coefficient (Wildman–Crippen LogP) is 3.34. The summed E-state index contributed by atoms with van der Waals surface area (Å²) in [6.07, 6.45) is 2.81. The molecule has 1 aliphatic heterocycles. The number of hydrazine groups is 1. The van der Waals surface area contributed by atoms with E-state index in [-0.39, 0.29) is 11.3 Å². The van der Waals surface area contributed by atoms with Crippen LogP contribution in [-0.2, 0) is 9.53 Å². The van der Waals surface area contributed by atoms with E-state index in [2.05, 4.69) is 4.98 Å². The summed E-state index contributed by atoms with van der Waals surface area (Å²) in [6, 6.07) is 11.9.